The maximum absolute atomic E-state index is 8.92. The first-order valence-electron chi connectivity index (χ1n) is 6.69. The molecule has 0 amide bonds. The van der Waals surface area contributed by atoms with Gasteiger partial charge in [0.25, 0.3) is 0 Å². The Hall–Kier alpha value is -0.870. The number of nitrogens with zero attached hydrogens (tertiary/aromatic N) is 3. The maximum Gasteiger partial charge on any atom is 0.0948 e. The Morgan fingerprint density at radius 1 is 1.53 bits per heavy atom. The van der Waals surface area contributed by atoms with E-state index in [9.17, 15) is 0 Å². The topological polar surface area (TPSA) is 41.3 Å². The van der Waals surface area contributed by atoms with Crippen molar-refractivity contribution in [2.45, 2.75) is 51.7 Å². The Morgan fingerprint density at radius 2 is 2.41 bits per heavy atom. The van der Waals surface area contributed by atoms with Crippen molar-refractivity contribution in [1.82, 2.24) is 14.5 Å². The van der Waals surface area contributed by atoms with Gasteiger partial charge in [0.05, 0.1) is 12.0 Å². The van der Waals surface area contributed by atoms with E-state index < -0.39 is 0 Å². The van der Waals surface area contributed by atoms with Crippen molar-refractivity contribution in [3.63, 3.8) is 0 Å². The number of hydrogen-bond donors (Lipinski definition) is 1. The fourth-order valence-electron chi connectivity index (χ4n) is 2.73. The summed E-state index contributed by atoms with van der Waals surface area (Å²) in [6, 6.07) is 0.655. The van der Waals surface area contributed by atoms with Gasteiger partial charge in [-0.25, -0.2) is 4.98 Å². The van der Waals surface area contributed by atoms with Crippen LogP contribution < -0.4 is 0 Å². The summed E-state index contributed by atoms with van der Waals surface area (Å²) in [5.74, 6) is 0. The summed E-state index contributed by atoms with van der Waals surface area (Å²) >= 11 is 0. The summed E-state index contributed by atoms with van der Waals surface area (Å²) in [5.41, 5.74) is 1.31. The Bertz CT molecular complexity index is 337. The lowest BCUT2D eigenvalue weighted by Crippen LogP contribution is -2.29. The predicted octanol–water partition coefficient (Wildman–Crippen LogP) is 1.64. The van der Waals surface area contributed by atoms with Crippen molar-refractivity contribution in [3.05, 3.63) is 18.2 Å². The van der Waals surface area contributed by atoms with Crippen molar-refractivity contribution in [2.24, 2.45) is 0 Å². The molecule has 1 unspecified atom stereocenters. The zero-order valence-electron chi connectivity index (χ0n) is 10.7. The lowest BCUT2D eigenvalue weighted by atomic mass is 10.1. The highest BCUT2D eigenvalue weighted by atomic mass is 16.2. The largest absolute Gasteiger partial charge is 0.396 e. The SMILES string of the molecule is CCn1cncc1CN1CCCC1CCCO. The molecule has 17 heavy (non-hydrogen) atoms. The molecule has 0 bridgehead atoms. The average molecular weight is 237 g/mol. The van der Waals surface area contributed by atoms with E-state index >= 15 is 0 Å². The second-order valence-corrected chi connectivity index (χ2v) is 4.80. The molecule has 0 aliphatic carbocycles. The first-order chi connectivity index (χ1) is 8.35. The molecule has 1 atom stereocenters. The Labute approximate surface area is 103 Å². The Kier molecular flexibility index (Phi) is 4.57. The molecule has 1 aromatic rings. The summed E-state index contributed by atoms with van der Waals surface area (Å²) in [6.07, 6.45) is 8.50. The molecule has 1 fully saturated rings. The van der Waals surface area contributed by atoms with Crippen LogP contribution >= 0.6 is 0 Å². The fourth-order valence-corrected chi connectivity index (χ4v) is 2.73. The second-order valence-electron chi connectivity index (χ2n) is 4.80. The second kappa shape index (κ2) is 6.17. The Balaban J connectivity index is 1.93. The molecule has 4 heteroatoms. The molecule has 1 aromatic heterocycles. The molecule has 0 spiro atoms. The highest BCUT2D eigenvalue weighted by Gasteiger charge is 2.24. The van der Waals surface area contributed by atoms with E-state index in [-0.39, 0.29) is 0 Å². The summed E-state index contributed by atoms with van der Waals surface area (Å²) in [7, 11) is 0. The molecule has 0 radical (unpaired) electrons. The van der Waals surface area contributed by atoms with E-state index in [0.29, 0.717) is 12.6 Å². The highest BCUT2D eigenvalue weighted by molar-refractivity contribution is 4.99. The molecule has 1 aliphatic heterocycles. The van der Waals surface area contributed by atoms with Gasteiger partial charge in [0.15, 0.2) is 0 Å². The van der Waals surface area contributed by atoms with Crippen LogP contribution in [0.5, 0.6) is 0 Å². The van der Waals surface area contributed by atoms with Crippen molar-refractivity contribution in [2.75, 3.05) is 13.2 Å². The third kappa shape index (κ3) is 3.07. The zero-order valence-corrected chi connectivity index (χ0v) is 10.7. The molecule has 1 aliphatic rings. The van der Waals surface area contributed by atoms with E-state index in [1.807, 2.05) is 12.5 Å². The van der Waals surface area contributed by atoms with E-state index in [4.69, 9.17) is 5.11 Å². The standard InChI is InChI=1S/C13H23N3O/c1-2-15-11-14-9-13(15)10-16-7-3-5-12(16)6-4-8-17/h9,11-12,17H,2-8,10H2,1H3. The third-order valence-corrected chi connectivity index (χ3v) is 3.70. The van der Waals surface area contributed by atoms with Gasteiger partial charge in [-0.2, -0.15) is 0 Å². The lowest BCUT2D eigenvalue weighted by molar-refractivity contribution is 0.206. The summed E-state index contributed by atoms with van der Waals surface area (Å²) in [6.45, 7) is 5.65. The molecular weight excluding hydrogens is 214 g/mol. The van der Waals surface area contributed by atoms with Crippen LogP contribution in [0.25, 0.3) is 0 Å². The number of hydrogen-bond acceptors (Lipinski definition) is 3. The number of aliphatic hydroxyl groups excluding tert-OH is 1. The monoisotopic (exact) mass is 237 g/mol. The van der Waals surface area contributed by atoms with Crippen LogP contribution in [0.2, 0.25) is 0 Å². The predicted molar refractivity (Wildman–Crippen MR) is 67.7 cm³/mol. The van der Waals surface area contributed by atoms with Crippen LogP contribution in [-0.2, 0) is 13.1 Å². The van der Waals surface area contributed by atoms with Gasteiger partial charge < -0.3 is 9.67 Å². The molecule has 2 heterocycles. The van der Waals surface area contributed by atoms with Gasteiger partial charge in [-0.3, -0.25) is 4.90 Å². The third-order valence-electron chi connectivity index (χ3n) is 3.70. The van der Waals surface area contributed by atoms with Crippen LogP contribution in [0, 0.1) is 0 Å². The molecular formula is C13H23N3O. The van der Waals surface area contributed by atoms with Crippen LogP contribution in [-0.4, -0.2) is 38.8 Å². The number of imidazole rings is 1. The van der Waals surface area contributed by atoms with Gasteiger partial charge in [0, 0.05) is 31.9 Å². The fraction of sp³-hybridized carbons (Fsp3) is 0.769. The summed E-state index contributed by atoms with van der Waals surface area (Å²) in [5, 5.41) is 8.92. The van der Waals surface area contributed by atoms with Crippen molar-refractivity contribution in [3.8, 4) is 0 Å². The number of aryl methyl sites for hydroxylation is 1. The van der Waals surface area contributed by atoms with Gasteiger partial charge in [-0.15, -0.1) is 0 Å². The quantitative estimate of drug-likeness (QED) is 0.818. The van der Waals surface area contributed by atoms with E-state index in [0.717, 1.165) is 25.9 Å². The molecule has 0 aromatic carbocycles. The lowest BCUT2D eigenvalue weighted by Gasteiger charge is -2.24. The molecule has 2 rings (SSSR count). The minimum absolute atomic E-state index is 0.317. The van der Waals surface area contributed by atoms with Crippen LogP contribution in [0.1, 0.15) is 38.3 Å². The first-order valence-corrected chi connectivity index (χ1v) is 6.69. The normalized spacial score (nSPS) is 21.2. The minimum Gasteiger partial charge on any atom is -0.396 e. The van der Waals surface area contributed by atoms with E-state index in [2.05, 4.69) is 21.4 Å². The average Bonchev–Trinajstić information content (AvgIpc) is 2.96. The summed E-state index contributed by atoms with van der Waals surface area (Å²) in [4.78, 5) is 6.76. The minimum atomic E-state index is 0.317. The maximum atomic E-state index is 8.92. The molecule has 4 nitrogen and oxygen atoms in total. The zero-order chi connectivity index (χ0) is 12.1. The van der Waals surface area contributed by atoms with Gasteiger partial charge in [-0.05, 0) is 39.2 Å². The van der Waals surface area contributed by atoms with Crippen LogP contribution in [0.4, 0.5) is 0 Å². The van der Waals surface area contributed by atoms with E-state index in [1.165, 1.54) is 25.1 Å². The van der Waals surface area contributed by atoms with Crippen LogP contribution in [0.3, 0.4) is 0 Å². The molecule has 0 saturated carbocycles. The number of rotatable bonds is 6. The van der Waals surface area contributed by atoms with Crippen LogP contribution in [0.15, 0.2) is 12.5 Å². The molecule has 96 valence electrons. The number of likely N-dealkylation sites (tertiary alicyclic amines) is 1. The number of aliphatic hydroxyl groups is 1. The summed E-state index contributed by atoms with van der Waals surface area (Å²) < 4.78 is 2.21. The smallest absolute Gasteiger partial charge is 0.0948 e. The van der Waals surface area contributed by atoms with Gasteiger partial charge in [0.1, 0.15) is 0 Å². The van der Waals surface area contributed by atoms with Gasteiger partial charge >= 0.3 is 0 Å². The van der Waals surface area contributed by atoms with Crippen molar-refractivity contribution in [1.29, 1.82) is 0 Å². The van der Waals surface area contributed by atoms with Crippen molar-refractivity contribution < 1.29 is 5.11 Å². The molecule has 1 N–H and O–H groups in total. The van der Waals surface area contributed by atoms with Crippen molar-refractivity contribution >= 4 is 0 Å². The van der Waals surface area contributed by atoms with Gasteiger partial charge in [0.2, 0.25) is 0 Å². The molecule has 1 saturated heterocycles. The highest BCUT2D eigenvalue weighted by Crippen LogP contribution is 2.23. The Morgan fingerprint density at radius 3 is 3.18 bits per heavy atom. The van der Waals surface area contributed by atoms with E-state index in [1.54, 1.807) is 0 Å². The number of aromatic nitrogens is 2. The van der Waals surface area contributed by atoms with Gasteiger partial charge in [-0.1, -0.05) is 0 Å². The first kappa shape index (κ1) is 12.6.